The Morgan fingerprint density at radius 1 is 1.39 bits per heavy atom. The fourth-order valence-electron chi connectivity index (χ4n) is 1.38. The molecule has 0 aliphatic rings. The molecule has 1 heterocycles. The Labute approximate surface area is 108 Å². The van der Waals surface area contributed by atoms with Crippen molar-refractivity contribution in [1.29, 1.82) is 0 Å². The first-order valence-corrected chi connectivity index (χ1v) is 5.42. The molecule has 1 aromatic carbocycles. The highest BCUT2D eigenvalue weighted by Crippen LogP contribution is 2.23. The zero-order valence-electron chi connectivity index (χ0n) is 9.15. The van der Waals surface area contributed by atoms with Gasteiger partial charge in [0.15, 0.2) is 5.82 Å². The number of aromatic nitrogens is 1. The van der Waals surface area contributed by atoms with Crippen LogP contribution in [0.5, 0.6) is 0 Å². The second-order valence-electron chi connectivity index (χ2n) is 3.52. The lowest BCUT2D eigenvalue weighted by atomic mass is 10.2. The van der Waals surface area contributed by atoms with E-state index in [-0.39, 0.29) is 22.0 Å². The molecule has 92 valence electrons. The van der Waals surface area contributed by atoms with Crippen LogP contribution in [0.25, 0.3) is 0 Å². The van der Waals surface area contributed by atoms with Crippen molar-refractivity contribution in [3.05, 3.63) is 53.1 Å². The van der Waals surface area contributed by atoms with Gasteiger partial charge >= 0.3 is 0 Å². The fraction of sp³-hybridized carbons (Fsp3) is 0. The van der Waals surface area contributed by atoms with Gasteiger partial charge in [-0.1, -0.05) is 17.7 Å². The minimum atomic E-state index is -0.685. The smallest absolute Gasteiger partial charge is 0.259 e. The van der Waals surface area contributed by atoms with Crippen molar-refractivity contribution >= 4 is 28.9 Å². The Morgan fingerprint density at radius 2 is 2.17 bits per heavy atom. The maximum atomic E-state index is 13.6. The first-order valence-electron chi connectivity index (χ1n) is 5.04. The number of nitrogens with two attached hydrogens (primary N) is 1. The molecule has 2 aromatic rings. The zero-order chi connectivity index (χ0) is 13.1. The second-order valence-corrected chi connectivity index (χ2v) is 3.93. The topological polar surface area (TPSA) is 68.0 Å². The van der Waals surface area contributed by atoms with Crippen LogP contribution in [0.15, 0.2) is 36.7 Å². The van der Waals surface area contributed by atoms with Crippen LogP contribution in [0.3, 0.4) is 0 Å². The predicted molar refractivity (Wildman–Crippen MR) is 68.0 cm³/mol. The molecule has 6 heteroatoms. The van der Waals surface area contributed by atoms with E-state index in [9.17, 15) is 9.18 Å². The summed E-state index contributed by atoms with van der Waals surface area (Å²) < 4.78 is 13.6. The monoisotopic (exact) mass is 265 g/mol. The van der Waals surface area contributed by atoms with Crippen molar-refractivity contribution in [1.82, 2.24) is 4.98 Å². The van der Waals surface area contributed by atoms with E-state index in [2.05, 4.69) is 10.3 Å². The summed E-state index contributed by atoms with van der Waals surface area (Å²) in [7, 11) is 0. The number of hydrogen-bond acceptors (Lipinski definition) is 3. The number of anilines is 2. The van der Waals surface area contributed by atoms with Crippen molar-refractivity contribution < 1.29 is 9.18 Å². The molecule has 0 aliphatic carbocycles. The van der Waals surface area contributed by atoms with Crippen LogP contribution in [-0.4, -0.2) is 10.9 Å². The Balaban J connectivity index is 2.27. The molecule has 0 saturated heterocycles. The first-order chi connectivity index (χ1) is 8.59. The van der Waals surface area contributed by atoms with Gasteiger partial charge in [0.2, 0.25) is 0 Å². The van der Waals surface area contributed by atoms with Gasteiger partial charge in [-0.2, -0.15) is 0 Å². The summed E-state index contributed by atoms with van der Waals surface area (Å²) in [5.74, 6) is -1.23. The van der Waals surface area contributed by atoms with Crippen LogP contribution in [0.2, 0.25) is 5.02 Å². The Bertz CT molecular complexity index is 604. The lowest BCUT2D eigenvalue weighted by Gasteiger charge is -2.08. The molecule has 3 N–H and O–H groups in total. The number of pyridine rings is 1. The number of nitrogen functional groups attached to an aromatic ring is 1. The minimum Gasteiger partial charge on any atom is -0.398 e. The average molecular weight is 266 g/mol. The summed E-state index contributed by atoms with van der Waals surface area (Å²) in [6.45, 7) is 0. The van der Waals surface area contributed by atoms with E-state index >= 15 is 0 Å². The number of carbonyl (C=O) groups is 1. The van der Waals surface area contributed by atoms with Crippen LogP contribution in [0, 0.1) is 5.82 Å². The van der Waals surface area contributed by atoms with Crippen molar-refractivity contribution in [3.63, 3.8) is 0 Å². The number of benzene rings is 1. The number of nitrogens with one attached hydrogen (secondary N) is 1. The summed E-state index contributed by atoms with van der Waals surface area (Å²) >= 11 is 5.61. The largest absolute Gasteiger partial charge is 0.398 e. The van der Waals surface area contributed by atoms with Crippen molar-refractivity contribution in [3.8, 4) is 0 Å². The molecule has 0 unspecified atom stereocenters. The normalized spacial score (nSPS) is 10.1. The van der Waals surface area contributed by atoms with E-state index in [1.165, 1.54) is 36.7 Å². The highest BCUT2D eigenvalue weighted by atomic mass is 35.5. The van der Waals surface area contributed by atoms with Crippen LogP contribution in [0.1, 0.15) is 10.4 Å². The molecule has 0 bridgehead atoms. The third-order valence-corrected chi connectivity index (χ3v) is 2.59. The Morgan fingerprint density at radius 3 is 2.89 bits per heavy atom. The van der Waals surface area contributed by atoms with Crippen LogP contribution in [-0.2, 0) is 0 Å². The maximum absolute atomic E-state index is 13.6. The molecule has 18 heavy (non-hydrogen) atoms. The lowest BCUT2D eigenvalue weighted by Crippen LogP contribution is -2.15. The van der Waals surface area contributed by atoms with Crippen molar-refractivity contribution in [2.75, 3.05) is 11.1 Å². The molecule has 0 aliphatic heterocycles. The van der Waals surface area contributed by atoms with Crippen LogP contribution < -0.4 is 11.1 Å². The molecule has 0 radical (unpaired) electrons. The third-order valence-electron chi connectivity index (χ3n) is 2.30. The highest BCUT2D eigenvalue weighted by molar-refractivity contribution is 6.31. The Hall–Kier alpha value is -2.14. The van der Waals surface area contributed by atoms with Crippen molar-refractivity contribution in [2.45, 2.75) is 0 Å². The van der Waals surface area contributed by atoms with Gasteiger partial charge in [0, 0.05) is 18.1 Å². The van der Waals surface area contributed by atoms with Gasteiger partial charge in [0.25, 0.3) is 5.91 Å². The van der Waals surface area contributed by atoms with E-state index in [1.54, 1.807) is 0 Å². The van der Waals surface area contributed by atoms with Gasteiger partial charge in [-0.05, 0) is 18.2 Å². The van der Waals surface area contributed by atoms with Gasteiger partial charge in [0.1, 0.15) is 0 Å². The molecule has 0 spiro atoms. The summed E-state index contributed by atoms with van der Waals surface area (Å²) in [6.07, 6.45) is 2.78. The predicted octanol–water partition coefficient (Wildman–Crippen LogP) is 2.71. The lowest BCUT2D eigenvalue weighted by molar-refractivity contribution is 0.102. The van der Waals surface area contributed by atoms with Gasteiger partial charge < -0.3 is 11.1 Å². The number of hydrogen-bond donors (Lipinski definition) is 2. The van der Waals surface area contributed by atoms with Crippen LogP contribution >= 0.6 is 11.6 Å². The number of carbonyl (C=O) groups excluding carboxylic acids is 1. The van der Waals surface area contributed by atoms with E-state index in [1.807, 2.05) is 0 Å². The number of rotatable bonds is 2. The summed E-state index contributed by atoms with van der Waals surface area (Å²) in [4.78, 5) is 15.6. The molecule has 2 rings (SSSR count). The first kappa shape index (κ1) is 12.3. The average Bonchev–Trinajstić information content (AvgIpc) is 2.35. The molecule has 0 saturated carbocycles. The standard InChI is InChI=1S/C12H9ClFN3O/c13-8-2-1-3-10(11(8)14)17-12(18)7-6-16-5-4-9(7)15/h1-6H,(H2,15,16)(H,17,18). The Kier molecular flexibility index (Phi) is 3.43. The fourth-order valence-corrected chi connectivity index (χ4v) is 1.56. The maximum Gasteiger partial charge on any atom is 0.259 e. The van der Waals surface area contributed by atoms with Gasteiger partial charge in [0.05, 0.1) is 16.3 Å². The van der Waals surface area contributed by atoms with E-state index in [0.29, 0.717) is 0 Å². The zero-order valence-corrected chi connectivity index (χ0v) is 9.91. The number of halogens is 2. The third kappa shape index (κ3) is 2.41. The molecule has 4 nitrogen and oxygen atoms in total. The molecular formula is C12H9ClFN3O. The summed E-state index contributed by atoms with van der Waals surface area (Å²) in [5, 5.41) is 2.33. The molecule has 0 fully saturated rings. The summed E-state index contributed by atoms with van der Waals surface area (Å²) in [5.41, 5.74) is 6.06. The minimum absolute atomic E-state index is 0.00393. The quantitative estimate of drug-likeness (QED) is 0.877. The molecule has 0 atom stereocenters. The van der Waals surface area contributed by atoms with E-state index in [4.69, 9.17) is 17.3 Å². The van der Waals surface area contributed by atoms with Gasteiger partial charge in [-0.3, -0.25) is 9.78 Å². The SMILES string of the molecule is Nc1ccncc1C(=O)Nc1cccc(Cl)c1F. The number of amides is 1. The number of nitrogens with zero attached hydrogens (tertiary/aromatic N) is 1. The highest BCUT2D eigenvalue weighted by Gasteiger charge is 2.13. The molecule has 1 amide bonds. The van der Waals surface area contributed by atoms with Crippen molar-refractivity contribution in [2.24, 2.45) is 0 Å². The second kappa shape index (κ2) is 5.01. The molecule has 1 aromatic heterocycles. The van der Waals surface area contributed by atoms with E-state index in [0.717, 1.165) is 0 Å². The van der Waals surface area contributed by atoms with E-state index < -0.39 is 11.7 Å². The van der Waals surface area contributed by atoms with Gasteiger partial charge in [-0.15, -0.1) is 0 Å². The van der Waals surface area contributed by atoms with Crippen LogP contribution in [0.4, 0.5) is 15.8 Å². The molecular weight excluding hydrogens is 257 g/mol. The summed E-state index contributed by atoms with van der Waals surface area (Å²) in [6, 6.07) is 5.83. The van der Waals surface area contributed by atoms with Gasteiger partial charge in [-0.25, -0.2) is 4.39 Å².